The zero-order valence-corrected chi connectivity index (χ0v) is 13.1. The van der Waals surface area contributed by atoms with E-state index in [2.05, 4.69) is 0 Å². The van der Waals surface area contributed by atoms with E-state index in [-0.39, 0.29) is 6.10 Å². The molecule has 8 heteroatoms. The molecule has 0 spiro atoms. The molecule has 0 unspecified atom stereocenters. The SMILES string of the molecule is COC(=O)N(c1ccc(OC)cc1)[P@]1(=S)OC[C@@H](C)O1. The maximum absolute atomic E-state index is 12.0. The van der Waals surface area contributed by atoms with Gasteiger partial charge in [-0.25, -0.2) is 9.46 Å². The smallest absolute Gasteiger partial charge is 0.421 e. The summed E-state index contributed by atoms with van der Waals surface area (Å²) in [5.41, 5.74) is 0.551. The van der Waals surface area contributed by atoms with E-state index in [1.807, 2.05) is 6.92 Å². The van der Waals surface area contributed by atoms with E-state index in [1.54, 1.807) is 31.4 Å². The van der Waals surface area contributed by atoms with Crippen LogP contribution in [0.1, 0.15) is 6.92 Å². The lowest BCUT2D eigenvalue weighted by atomic mass is 10.3. The molecule has 0 aromatic heterocycles. The second-order valence-corrected chi connectivity index (χ2v) is 7.35. The van der Waals surface area contributed by atoms with Crippen molar-refractivity contribution in [3.05, 3.63) is 24.3 Å². The van der Waals surface area contributed by atoms with Crippen molar-refractivity contribution in [2.24, 2.45) is 0 Å². The van der Waals surface area contributed by atoms with Crippen molar-refractivity contribution in [2.75, 3.05) is 25.5 Å². The number of hydrogen-bond donors (Lipinski definition) is 0. The summed E-state index contributed by atoms with van der Waals surface area (Å²) in [6, 6.07) is 6.87. The molecule has 110 valence electrons. The van der Waals surface area contributed by atoms with Gasteiger partial charge in [0.2, 0.25) is 0 Å². The van der Waals surface area contributed by atoms with Crippen molar-refractivity contribution in [2.45, 2.75) is 13.0 Å². The summed E-state index contributed by atoms with van der Waals surface area (Å²) >= 11 is 5.41. The Kier molecular flexibility index (Phi) is 4.65. The average Bonchev–Trinajstić information content (AvgIpc) is 2.79. The van der Waals surface area contributed by atoms with Crippen molar-refractivity contribution >= 4 is 30.2 Å². The first-order valence-corrected chi connectivity index (χ1v) is 8.55. The van der Waals surface area contributed by atoms with Crippen LogP contribution in [0.2, 0.25) is 0 Å². The summed E-state index contributed by atoms with van der Waals surface area (Å²) in [6.45, 7) is -0.696. The zero-order valence-electron chi connectivity index (χ0n) is 11.4. The van der Waals surface area contributed by atoms with Crippen molar-refractivity contribution in [3.63, 3.8) is 0 Å². The van der Waals surface area contributed by atoms with Gasteiger partial charge < -0.3 is 18.5 Å². The van der Waals surface area contributed by atoms with Crippen LogP contribution in [-0.2, 0) is 25.6 Å². The second kappa shape index (κ2) is 6.10. The highest BCUT2D eigenvalue weighted by Gasteiger charge is 2.41. The first-order chi connectivity index (χ1) is 9.50. The van der Waals surface area contributed by atoms with Crippen LogP contribution in [0.4, 0.5) is 10.5 Å². The predicted octanol–water partition coefficient (Wildman–Crippen LogP) is 2.93. The van der Waals surface area contributed by atoms with E-state index in [0.717, 1.165) is 0 Å². The highest BCUT2D eigenvalue weighted by molar-refractivity contribution is 8.11. The highest BCUT2D eigenvalue weighted by Crippen LogP contribution is 2.59. The van der Waals surface area contributed by atoms with E-state index < -0.39 is 12.7 Å². The number of amides is 1. The largest absolute Gasteiger partial charge is 0.497 e. The summed E-state index contributed by atoms with van der Waals surface area (Å²) in [4.78, 5) is 12.0. The van der Waals surface area contributed by atoms with E-state index >= 15 is 0 Å². The number of methoxy groups -OCH3 is 2. The molecular weight excluding hydrogens is 301 g/mol. The van der Waals surface area contributed by atoms with Crippen molar-refractivity contribution in [1.29, 1.82) is 0 Å². The topological polar surface area (TPSA) is 57.2 Å². The molecule has 1 aliphatic rings. The molecule has 6 nitrogen and oxygen atoms in total. The van der Waals surface area contributed by atoms with Gasteiger partial charge in [0, 0.05) is 0 Å². The van der Waals surface area contributed by atoms with E-state index in [1.165, 1.54) is 11.8 Å². The lowest BCUT2D eigenvalue weighted by Crippen LogP contribution is -2.28. The van der Waals surface area contributed by atoms with E-state index in [9.17, 15) is 4.79 Å². The lowest BCUT2D eigenvalue weighted by Gasteiger charge is -2.28. The van der Waals surface area contributed by atoms with Gasteiger partial charge in [-0.3, -0.25) is 0 Å². The highest BCUT2D eigenvalue weighted by atomic mass is 32.5. The normalized spacial score (nSPS) is 25.2. The van der Waals surface area contributed by atoms with Gasteiger partial charge in [0.05, 0.1) is 32.6 Å². The van der Waals surface area contributed by atoms with Gasteiger partial charge >= 0.3 is 6.09 Å². The molecule has 0 saturated carbocycles. The van der Waals surface area contributed by atoms with Gasteiger partial charge in [-0.1, -0.05) is 0 Å². The van der Waals surface area contributed by atoms with E-state index in [0.29, 0.717) is 18.0 Å². The molecular formula is C12H16NO5PS. The summed E-state index contributed by atoms with van der Waals surface area (Å²) in [6.07, 6.45) is -0.751. The first-order valence-electron chi connectivity index (χ1n) is 5.96. The van der Waals surface area contributed by atoms with Gasteiger partial charge in [-0.15, -0.1) is 0 Å². The minimum Gasteiger partial charge on any atom is -0.497 e. The van der Waals surface area contributed by atoms with Crippen molar-refractivity contribution in [1.82, 2.24) is 0 Å². The average molecular weight is 317 g/mol. The Bertz CT molecular complexity index is 535. The minimum atomic E-state index is -2.90. The number of benzene rings is 1. The summed E-state index contributed by atoms with van der Waals surface area (Å²) < 4.78 is 22.3. The summed E-state index contributed by atoms with van der Waals surface area (Å²) in [7, 11) is 2.86. The Labute approximate surface area is 122 Å². The molecule has 0 bridgehead atoms. The quantitative estimate of drug-likeness (QED) is 0.799. The second-order valence-electron chi connectivity index (χ2n) is 4.16. The van der Waals surface area contributed by atoms with Gasteiger partial charge in [0.15, 0.2) is 0 Å². The standard InChI is InChI=1S/C12H16NO5PS/c1-9-8-17-19(20,18-9)13(12(14)16-3)10-4-6-11(15-2)7-5-10/h4-7,9H,8H2,1-3H3/t9-,19+/m1/s1. The van der Waals surface area contributed by atoms with Crippen LogP contribution in [-0.4, -0.2) is 33.0 Å². The molecule has 1 heterocycles. The van der Waals surface area contributed by atoms with Gasteiger partial charge in [-0.05, 0) is 43.0 Å². The molecule has 20 heavy (non-hydrogen) atoms. The van der Waals surface area contributed by atoms with Crippen LogP contribution in [0.15, 0.2) is 24.3 Å². The van der Waals surface area contributed by atoms with Gasteiger partial charge in [-0.2, -0.15) is 0 Å². The zero-order chi connectivity index (χ0) is 14.8. The molecule has 1 aliphatic heterocycles. The maximum Gasteiger partial charge on any atom is 0.421 e. The fourth-order valence-electron chi connectivity index (χ4n) is 1.75. The lowest BCUT2D eigenvalue weighted by molar-refractivity contribution is 0.181. The number of hydrogen-bond acceptors (Lipinski definition) is 6. The van der Waals surface area contributed by atoms with Gasteiger partial charge in [0.1, 0.15) is 5.75 Å². The summed E-state index contributed by atoms with van der Waals surface area (Å²) in [5, 5.41) is 0. The minimum absolute atomic E-state index is 0.147. The van der Waals surface area contributed by atoms with Crippen LogP contribution in [0.5, 0.6) is 5.75 Å². The fourth-order valence-corrected chi connectivity index (χ4v) is 4.74. The third-order valence-corrected chi connectivity index (χ3v) is 5.75. The molecule has 1 aromatic carbocycles. The molecule has 0 radical (unpaired) electrons. The molecule has 1 fully saturated rings. The first kappa shape index (κ1) is 15.3. The van der Waals surface area contributed by atoms with Crippen LogP contribution in [0.3, 0.4) is 0 Å². The number of rotatable bonds is 3. The Morgan fingerprint density at radius 1 is 1.40 bits per heavy atom. The van der Waals surface area contributed by atoms with Crippen molar-refractivity contribution < 1.29 is 23.3 Å². The van der Waals surface area contributed by atoms with Crippen molar-refractivity contribution in [3.8, 4) is 5.75 Å². The molecule has 1 aromatic rings. The van der Waals surface area contributed by atoms with Crippen LogP contribution in [0, 0.1) is 0 Å². The molecule has 0 N–H and O–H groups in total. The number of carbonyl (C=O) groups is 1. The van der Waals surface area contributed by atoms with Crippen LogP contribution in [0.25, 0.3) is 0 Å². The monoisotopic (exact) mass is 317 g/mol. The Morgan fingerprint density at radius 3 is 2.50 bits per heavy atom. The molecule has 1 saturated heterocycles. The number of ether oxygens (including phenoxy) is 2. The third kappa shape index (κ3) is 2.96. The third-order valence-electron chi connectivity index (χ3n) is 2.70. The van der Waals surface area contributed by atoms with Crippen LogP contribution < -0.4 is 9.41 Å². The number of carbonyl (C=O) groups excluding carboxylic acids is 1. The molecule has 0 aliphatic carbocycles. The van der Waals surface area contributed by atoms with E-state index in [4.69, 9.17) is 30.3 Å². The van der Waals surface area contributed by atoms with Gasteiger partial charge in [0.25, 0.3) is 6.64 Å². The van der Waals surface area contributed by atoms with Crippen LogP contribution >= 0.6 is 6.64 Å². The Balaban J connectivity index is 2.37. The Morgan fingerprint density at radius 2 is 2.05 bits per heavy atom. The fraction of sp³-hybridized carbons (Fsp3) is 0.417. The molecule has 2 atom stereocenters. The molecule has 1 amide bonds. The molecule has 2 rings (SSSR count). The number of nitrogens with zero attached hydrogens (tertiary/aromatic N) is 1. The predicted molar refractivity (Wildman–Crippen MR) is 78.7 cm³/mol. The Hall–Kier alpha value is -1.14. The maximum atomic E-state index is 12.0. The summed E-state index contributed by atoms with van der Waals surface area (Å²) in [5.74, 6) is 0.678. The number of anilines is 1.